The minimum Gasteiger partial charge on any atom is -0.198 e. The zero-order valence-electron chi connectivity index (χ0n) is 7.42. The van der Waals surface area contributed by atoms with Gasteiger partial charge in [-0.2, -0.15) is 5.26 Å². The van der Waals surface area contributed by atoms with E-state index in [1.54, 1.807) is 0 Å². The summed E-state index contributed by atoms with van der Waals surface area (Å²) in [6, 6.07) is 2.61. The van der Waals surface area contributed by atoms with Gasteiger partial charge in [0.25, 0.3) is 0 Å². The van der Waals surface area contributed by atoms with Gasteiger partial charge in [0.15, 0.2) is 0 Å². The van der Waals surface area contributed by atoms with Crippen LogP contribution >= 0.6 is 0 Å². The second-order valence-corrected chi connectivity index (χ2v) is 5.31. The molecule has 12 heavy (non-hydrogen) atoms. The van der Waals surface area contributed by atoms with Gasteiger partial charge in [-0.05, 0) is 56.3 Å². The topological polar surface area (TPSA) is 23.8 Å². The zero-order valence-corrected chi connectivity index (χ0v) is 7.42. The second kappa shape index (κ2) is 2.05. The maximum Gasteiger partial charge on any atom is 0.0690 e. The Morgan fingerprint density at radius 1 is 0.917 bits per heavy atom. The SMILES string of the molecule is N#CC12CC3CC(CC(C3)C1)C2. The summed E-state index contributed by atoms with van der Waals surface area (Å²) in [6.07, 6.45) is 8.03. The van der Waals surface area contributed by atoms with E-state index in [0.29, 0.717) is 0 Å². The maximum atomic E-state index is 9.18. The Balaban J connectivity index is 1.97. The lowest BCUT2D eigenvalue weighted by Crippen LogP contribution is -2.45. The molecule has 1 heteroatoms. The molecule has 0 N–H and O–H groups in total. The third-order valence-electron chi connectivity index (χ3n) is 4.28. The quantitative estimate of drug-likeness (QED) is 0.536. The molecule has 0 unspecified atom stereocenters. The second-order valence-electron chi connectivity index (χ2n) is 5.31. The van der Waals surface area contributed by atoms with Gasteiger partial charge in [0.1, 0.15) is 0 Å². The summed E-state index contributed by atoms with van der Waals surface area (Å²) in [5, 5.41) is 9.18. The van der Waals surface area contributed by atoms with E-state index >= 15 is 0 Å². The highest BCUT2D eigenvalue weighted by molar-refractivity contribution is 5.10. The Labute approximate surface area is 73.8 Å². The fraction of sp³-hybridized carbons (Fsp3) is 0.909. The highest BCUT2D eigenvalue weighted by atomic mass is 14.6. The Morgan fingerprint density at radius 3 is 1.67 bits per heavy atom. The van der Waals surface area contributed by atoms with Gasteiger partial charge >= 0.3 is 0 Å². The molecule has 64 valence electrons. The average molecular weight is 161 g/mol. The van der Waals surface area contributed by atoms with Crippen LogP contribution in [0, 0.1) is 34.5 Å². The molecule has 0 aromatic rings. The van der Waals surface area contributed by atoms with Gasteiger partial charge in [-0.1, -0.05) is 0 Å². The Hall–Kier alpha value is -0.510. The van der Waals surface area contributed by atoms with Crippen molar-refractivity contribution < 1.29 is 0 Å². The van der Waals surface area contributed by atoms with E-state index < -0.39 is 0 Å². The van der Waals surface area contributed by atoms with Crippen LogP contribution in [0.1, 0.15) is 38.5 Å². The molecule has 4 rings (SSSR count). The summed E-state index contributed by atoms with van der Waals surface area (Å²) in [5.41, 5.74) is 0.148. The Kier molecular flexibility index (Phi) is 1.18. The third kappa shape index (κ3) is 0.787. The monoisotopic (exact) mass is 161 g/mol. The maximum absolute atomic E-state index is 9.18. The van der Waals surface area contributed by atoms with Crippen molar-refractivity contribution >= 4 is 0 Å². The summed E-state index contributed by atoms with van der Waals surface area (Å²) < 4.78 is 0. The molecule has 0 radical (unpaired) electrons. The van der Waals surface area contributed by atoms with E-state index in [1.807, 2.05) is 0 Å². The minimum atomic E-state index is 0.148. The fourth-order valence-corrected chi connectivity index (χ4v) is 4.25. The van der Waals surface area contributed by atoms with E-state index in [1.165, 1.54) is 38.5 Å². The van der Waals surface area contributed by atoms with Crippen molar-refractivity contribution in [2.75, 3.05) is 0 Å². The molecule has 0 heterocycles. The molecule has 0 saturated heterocycles. The van der Waals surface area contributed by atoms with E-state index in [-0.39, 0.29) is 5.41 Å². The fourth-order valence-electron chi connectivity index (χ4n) is 4.25. The summed E-state index contributed by atoms with van der Waals surface area (Å²) in [7, 11) is 0. The van der Waals surface area contributed by atoms with E-state index in [9.17, 15) is 5.26 Å². The summed E-state index contributed by atoms with van der Waals surface area (Å²) in [4.78, 5) is 0. The summed E-state index contributed by atoms with van der Waals surface area (Å²) in [5.74, 6) is 2.78. The molecular formula is C11H15N. The normalized spacial score (nSPS) is 55.4. The van der Waals surface area contributed by atoms with Crippen molar-refractivity contribution in [2.24, 2.45) is 23.2 Å². The predicted octanol–water partition coefficient (Wildman–Crippen LogP) is 2.73. The van der Waals surface area contributed by atoms with Crippen molar-refractivity contribution in [1.82, 2.24) is 0 Å². The molecule has 4 aliphatic carbocycles. The lowest BCUT2D eigenvalue weighted by atomic mass is 9.50. The predicted molar refractivity (Wildman–Crippen MR) is 46.2 cm³/mol. The van der Waals surface area contributed by atoms with Gasteiger partial charge in [-0.15, -0.1) is 0 Å². The van der Waals surface area contributed by atoms with Gasteiger partial charge in [0.2, 0.25) is 0 Å². The highest BCUT2D eigenvalue weighted by Gasteiger charge is 2.51. The van der Waals surface area contributed by atoms with Crippen molar-refractivity contribution in [2.45, 2.75) is 38.5 Å². The molecule has 4 fully saturated rings. The zero-order chi connectivity index (χ0) is 8.18. The van der Waals surface area contributed by atoms with Gasteiger partial charge in [0.05, 0.1) is 11.5 Å². The van der Waals surface area contributed by atoms with Crippen LogP contribution in [-0.2, 0) is 0 Å². The van der Waals surface area contributed by atoms with Crippen molar-refractivity contribution in [1.29, 1.82) is 5.26 Å². The summed E-state index contributed by atoms with van der Waals surface area (Å²) in [6.45, 7) is 0. The van der Waals surface area contributed by atoms with E-state index in [2.05, 4.69) is 6.07 Å². The molecule has 0 atom stereocenters. The Bertz CT molecular complexity index is 213. The molecule has 0 aliphatic heterocycles. The van der Waals surface area contributed by atoms with Crippen LogP contribution in [0.2, 0.25) is 0 Å². The number of rotatable bonds is 0. The molecule has 4 saturated carbocycles. The standard InChI is InChI=1S/C11H15N/c12-7-11-4-8-1-9(5-11)3-10(2-8)6-11/h8-10H,1-6H2. The van der Waals surface area contributed by atoms with Crippen LogP contribution in [0.25, 0.3) is 0 Å². The number of nitrogens with zero attached hydrogens (tertiary/aromatic N) is 1. The molecular weight excluding hydrogens is 146 g/mol. The molecule has 0 spiro atoms. The summed E-state index contributed by atoms with van der Waals surface area (Å²) >= 11 is 0. The first-order valence-electron chi connectivity index (χ1n) is 5.21. The largest absolute Gasteiger partial charge is 0.198 e. The van der Waals surface area contributed by atoms with Crippen molar-refractivity contribution in [3.05, 3.63) is 0 Å². The van der Waals surface area contributed by atoms with Crippen LogP contribution in [0.5, 0.6) is 0 Å². The van der Waals surface area contributed by atoms with Crippen molar-refractivity contribution in [3.8, 4) is 6.07 Å². The molecule has 1 nitrogen and oxygen atoms in total. The lowest BCUT2D eigenvalue weighted by molar-refractivity contribution is -0.0192. The van der Waals surface area contributed by atoms with Gasteiger partial charge in [0, 0.05) is 0 Å². The first-order chi connectivity index (χ1) is 5.80. The van der Waals surface area contributed by atoms with Gasteiger partial charge in [-0.3, -0.25) is 0 Å². The van der Waals surface area contributed by atoms with E-state index in [0.717, 1.165) is 17.8 Å². The lowest BCUT2D eigenvalue weighted by Gasteiger charge is -2.53. The number of nitriles is 1. The van der Waals surface area contributed by atoms with E-state index in [4.69, 9.17) is 0 Å². The van der Waals surface area contributed by atoms with Crippen molar-refractivity contribution in [3.63, 3.8) is 0 Å². The van der Waals surface area contributed by atoms with Crippen LogP contribution in [-0.4, -0.2) is 0 Å². The number of hydrogen-bond acceptors (Lipinski definition) is 1. The van der Waals surface area contributed by atoms with Crippen LogP contribution in [0.3, 0.4) is 0 Å². The molecule has 0 aromatic carbocycles. The first kappa shape index (κ1) is 6.95. The van der Waals surface area contributed by atoms with Crippen LogP contribution < -0.4 is 0 Å². The van der Waals surface area contributed by atoms with Crippen LogP contribution in [0.15, 0.2) is 0 Å². The first-order valence-corrected chi connectivity index (χ1v) is 5.21. The van der Waals surface area contributed by atoms with Crippen LogP contribution in [0.4, 0.5) is 0 Å². The average Bonchev–Trinajstić information content (AvgIpc) is 2.02. The molecule has 4 aliphatic rings. The highest BCUT2D eigenvalue weighted by Crippen LogP contribution is 2.59. The molecule has 0 amide bonds. The molecule has 4 bridgehead atoms. The smallest absolute Gasteiger partial charge is 0.0690 e. The van der Waals surface area contributed by atoms with Gasteiger partial charge in [-0.25, -0.2) is 0 Å². The Morgan fingerprint density at radius 2 is 1.33 bits per heavy atom. The minimum absolute atomic E-state index is 0.148. The number of hydrogen-bond donors (Lipinski definition) is 0. The third-order valence-corrected chi connectivity index (χ3v) is 4.28. The molecule has 0 aromatic heterocycles. The van der Waals surface area contributed by atoms with Gasteiger partial charge < -0.3 is 0 Å².